The monoisotopic (exact) mass is 254 g/mol. The molecule has 4 nitrogen and oxygen atoms in total. The van der Waals surface area contributed by atoms with E-state index < -0.39 is 5.54 Å². The van der Waals surface area contributed by atoms with Crippen LogP contribution in [0.2, 0.25) is 0 Å². The van der Waals surface area contributed by atoms with Crippen LogP contribution in [0.25, 0.3) is 0 Å². The van der Waals surface area contributed by atoms with Gasteiger partial charge >= 0.3 is 5.97 Å². The Bertz CT molecular complexity index is 288. The topological polar surface area (TPSA) is 55.6 Å². The first-order chi connectivity index (χ1) is 8.65. The van der Waals surface area contributed by atoms with Gasteiger partial charge in [0.05, 0.1) is 6.61 Å². The standard InChI is InChI=1S/C14H26N2O2/c1-2-18-13(17)14(15)8-7-12(11-14)16-9-5-3-4-6-10-16/h12H,2-11,15H2,1H3. The lowest BCUT2D eigenvalue weighted by Crippen LogP contribution is -2.48. The van der Waals surface area contributed by atoms with Gasteiger partial charge in [-0.25, -0.2) is 0 Å². The Morgan fingerprint density at radius 3 is 2.61 bits per heavy atom. The Morgan fingerprint density at radius 1 is 1.33 bits per heavy atom. The molecular weight excluding hydrogens is 228 g/mol. The van der Waals surface area contributed by atoms with Gasteiger partial charge in [0.25, 0.3) is 0 Å². The fourth-order valence-corrected chi connectivity index (χ4v) is 3.28. The Kier molecular flexibility index (Phi) is 4.62. The largest absolute Gasteiger partial charge is 0.465 e. The first-order valence-corrected chi connectivity index (χ1v) is 7.36. The molecule has 0 radical (unpaired) electrons. The average molecular weight is 254 g/mol. The van der Waals surface area contributed by atoms with Gasteiger partial charge in [0, 0.05) is 6.04 Å². The predicted octanol–water partition coefficient (Wildman–Crippen LogP) is 1.68. The molecule has 18 heavy (non-hydrogen) atoms. The summed E-state index contributed by atoms with van der Waals surface area (Å²) in [6, 6.07) is 0.484. The molecule has 1 saturated carbocycles. The van der Waals surface area contributed by atoms with E-state index >= 15 is 0 Å². The molecule has 1 aliphatic carbocycles. The molecule has 0 aromatic rings. The smallest absolute Gasteiger partial charge is 0.326 e. The maximum atomic E-state index is 11.9. The molecular formula is C14H26N2O2. The van der Waals surface area contributed by atoms with Crippen LogP contribution in [-0.4, -0.2) is 42.1 Å². The van der Waals surface area contributed by atoms with Crippen molar-refractivity contribution in [2.45, 2.75) is 63.5 Å². The van der Waals surface area contributed by atoms with Crippen LogP contribution in [0, 0.1) is 0 Å². The molecule has 2 aliphatic rings. The van der Waals surface area contributed by atoms with Crippen molar-refractivity contribution in [2.75, 3.05) is 19.7 Å². The molecule has 2 atom stereocenters. The third-order valence-corrected chi connectivity index (χ3v) is 4.36. The molecule has 0 aromatic carbocycles. The Labute approximate surface area is 110 Å². The zero-order valence-electron chi connectivity index (χ0n) is 11.5. The van der Waals surface area contributed by atoms with E-state index in [0.29, 0.717) is 12.6 Å². The summed E-state index contributed by atoms with van der Waals surface area (Å²) in [6.45, 7) is 4.60. The van der Waals surface area contributed by atoms with Crippen molar-refractivity contribution in [3.8, 4) is 0 Å². The minimum atomic E-state index is -0.729. The summed E-state index contributed by atoms with van der Waals surface area (Å²) in [4.78, 5) is 14.4. The van der Waals surface area contributed by atoms with E-state index in [1.54, 1.807) is 0 Å². The van der Waals surface area contributed by atoms with E-state index in [1.807, 2.05) is 6.92 Å². The molecule has 4 heteroatoms. The zero-order chi connectivity index (χ0) is 13.0. The second kappa shape index (κ2) is 6.02. The third kappa shape index (κ3) is 3.04. The SMILES string of the molecule is CCOC(=O)C1(N)CCC(N2CCCCCC2)C1. The maximum Gasteiger partial charge on any atom is 0.326 e. The van der Waals surface area contributed by atoms with Gasteiger partial charge < -0.3 is 15.4 Å². The Hall–Kier alpha value is -0.610. The van der Waals surface area contributed by atoms with Crippen molar-refractivity contribution >= 4 is 5.97 Å². The predicted molar refractivity (Wildman–Crippen MR) is 71.2 cm³/mol. The van der Waals surface area contributed by atoms with Crippen LogP contribution in [-0.2, 0) is 9.53 Å². The van der Waals surface area contributed by atoms with E-state index in [1.165, 1.54) is 38.8 Å². The van der Waals surface area contributed by atoms with E-state index in [4.69, 9.17) is 10.5 Å². The number of nitrogens with zero attached hydrogens (tertiary/aromatic N) is 1. The van der Waals surface area contributed by atoms with Crippen molar-refractivity contribution < 1.29 is 9.53 Å². The summed E-state index contributed by atoms with van der Waals surface area (Å²) in [5, 5.41) is 0. The highest BCUT2D eigenvalue weighted by Crippen LogP contribution is 2.33. The Balaban J connectivity index is 1.92. The van der Waals surface area contributed by atoms with Crippen LogP contribution in [0.3, 0.4) is 0 Å². The van der Waals surface area contributed by atoms with E-state index in [2.05, 4.69) is 4.90 Å². The zero-order valence-corrected chi connectivity index (χ0v) is 11.5. The van der Waals surface area contributed by atoms with E-state index in [0.717, 1.165) is 19.3 Å². The van der Waals surface area contributed by atoms with Crippen molar-refractivity contribution in [1.82, 2.24) is 4.90 Å². The molecule has 0 spiro atoms. The molecule has 1 saturated heterocycles. The van der Waals surface area contributed by atoms with Gasteiger partial charge in [-0.2, -0.15) is 0 Å². The number of nitrogens with two attached hydrogens (primary N) is 1. The molecule has 2 fully saturated rings. The molecule has 2 unspecified atom stereocenters. The highest BCUT2D eigenvalue weighted by Gasteiger charge is 2.44. The van der Waals surface area contributed by atoms with E-state index in [9.17, 15) is 4.79 Å². The Morgan fingerprint density at radius 2 is 2.00 bits per heavy atom. The second-order valence-electron chi connectivity index (χ2n) is 5.72. The van der Waals surface area contributed by atoms with Crippen molar-refractivity contribution in [1.29, 1.82) is 0 Å². The lowest BCUT2D eigenvalue weighted by molar-refractivity contribution is -0.149. The van der Waals surface area contributed by atoms with Crippen LogP contribution in [0.15, 0.2) is 0 Å². The normalized spacial score (nSPS) is 34.2. The van der Waals surface area contributed by atoms with E-state index in [-0.39, 0.29) is 5.97 Å². The van der Waals surface area contributed by atoms with Crippen LogP contribution < -0.4 is 5.73 Å². The average Bonchev–Trinajstić information content (AvgIpc) is 2.60. The number of hydrogen-bond acceptors (Lipinski definition) is 4. The number of likely N-dealkylation sites (tertiary alicyclic amines) is 1. The van der Waals surface area contributed by atoms with Gasteiger partial charge in [-0.15, -0.1) is 0 Å². The molecule has 2 N–H and O–H groups in total. The summed E-state index contributed by atoms with van der Waals surface area (Å²) in [5.41, 5.74) is 5.49. The van der Waals surface area contributed by atoms with Crippen LogP contribution >= 0.6 is 0 Å². The maximum absolute atomic E-state index is 11.9. The summed E-state index contributed by atoms with van der Waals surface area (Å²) in [5.74, 6) is -0.206. The highest BCUT2D eigenvalue weighted by atomic mass is 16.5. The van der Waals surface area contributed by atoms with Gasteiger partial charge in [-0.1, -0.05) is 12.8 Å². The minimum Gasteiger partial charge on any atom is -0.465 e. The molecule has 0 bridgehead atoms. The van der Waals surface area contributed by atoms with Gasteiger partial charge in [-0.3, -0.25) is 4.79 Å². The summed E-state index contributed by atoms with van der Waals surface area (Å²) < 4.78 is 5.11. The molecule has 2 rings (SSSR count). The van der Waals surface area contributed by atoms with Gasteiger partial charge in [-0.05, 0) is 52.1 Å². The molecule has 1 heterocycles. The van der Waals surface area contributed by atoms with Crippen molar-refractivity contribution in [3.63, 3.8) is 0 Å². The minimum absolute atomic E-state index is 0.206. The molecule has 1 aliphatic heterocycles. The first-order valence-electron chi connectivity index (χ1n) is 7.36. The third-order valence-electron chi connectivity index (χ3n) is 4.36. The first kappa shape index (κ1) is 13.8. The summed E-state index contributed by atoms with van der Waals surface area (Å²) in [7, 11) is 0. The van der Waals surface area contributed by atoms with Gasteiger partial charge in [0.15, 0.2) is 0 Å². The molecule has 104 valence electrons. The van der Waals surface area contributed by atoms with Gasteiger partial charge in [0.2, 0.25) is 0 Å². The lowest BCUT2D eigenvalue weighted by Gasteiger charge is -2.28. The number of carbonyl (C=O) groups is 1. The second-order valence-corrected chi connectivity index (χ2v) is 5.72. The summed E-state index contributed by atoms with van der Waals surface area (Å²) in [6.07, 6.45) is 7.83. The van der Waals surface area contributed by atoms with Crippen molar-refractivity contribution in [2.24, 2.45) is 5.73 Å². The molecule has 0 aromatic heterocycles. The van der Waals surface area contributed by atoms with Crippen molar-refractivity contribution in [3.05, 3.63) is 0 Å². The number of rotatable bonds is 3. The van der Waals surface area contributed by atoms with Gasteiger partial charge in [0.1, 0.15) is 5.54 Å². The number of hydrogen-bond donors (Lipinski definition) is 1. The molecule has 0 amide bonds. The van der Waals surface area contributed by atoms with Crippen LogP contribution in [0.4, 0.5) is 0 Å². The van der Waals surface area contributed by atoms with Crippen LogP contribution in [0.5, 0.6) is 0 Å². The fourth-order valence-electron chi connectivity index (χ4n) is 3.28. The highest BCUT2D eigenvalue weighted by molar-refractivity contribution is 5.81. The number of ether oxygens (including phenoxy) is 1. The van der Waals surface area contributed by atoms with Crippen LogP contribution in [0.1, 0.15) is 51.9 Å². The fraction of sp³-hybridized carbons (Fsp3) is 0.929. The lowest BCUT2D eigenvalue weighted by atomic mass is 9.99. The quantitative estimate of drug-likeness (QED) is 0.779. The number of carbonyl (C=O) groups excluding carboxylic acids is 1. The summed E-state index contributed by atoms with van der Waals surface area (Å²) >= 11 is 0. The number of esters is 1.